The van der Waals surface area contributed by atoms with E-state index in [1.165, 1.54) is 0 Å². The molecule has 1 rings (SSSR count). The van der Waals surface area contributed by atoms with Crippen molar-refractivity contribution in [3.05, 3.63) is 35.9 Å². The van der Waals surface area contributed by atoms with E-state index in [4.69, 9.17) is 0 Å². The van der Waals surface area contributed by atoms with Gasteiger partial charge in [0.1, 0.15) is 5.37 Å². The summed E-state index contributed by atoms with van der Waals surface area (Å²) in [5.74, 6) is 0. The Morgan fingerprint density at radius 1 is 1.24 bits per heavy atom. The lowest BCUT2D eigenvalue weighted by Crippen LogP contribution is -2.45. The normalized spacial score (nSPS) is 14.6. The number of rotatable bonds is 4. The number of hydrogen-bond acceptors (Lipinski definition) is 3. The molecule has 0 aliphatic carbocycles. The fourth-order valence-electron chi connectivity index (χ4n) is 1.66. The van der Waals surface area contributed by atoms with Crippen LogP contribution in [0.2, 0.25) is 0 Å². The second kappa shape index (κ2) is 5.16. The Balaban J connectivity index is 2.77. The minimum absolute atomic E-state index is 0.405. The van der Waals surface area contributed by atoms with Crippen LogP contribution in [0, 0.1) is 5.41 Å². The summed E-state index contributed by atoms with van der Waals surface area (Å²) in [6, 6.07) is 9.47. The highest BCUT2D eigenvalue weighted by atomic mass is 32.2. The van der Waals surface area contributed by atoms with E-state index in [9.17, 15) is 13.0 Å². The van der Waals surface area contributed by atoms with Gasteiger partial charge in [0.15, 0.2) is 0 Å². The van der Waals surface area contributed by atoms with Crippen LogP contribution >= 0.6 is 0 Å². The van der Waals surface area contributed by atoms with Gasteiger partial charge >= 0.3 is 0 Å². The number of hydrogen-bond donors (Lipinski definition) is 2. The molecule has 4 nitrogen and oxygen atoms in total. The van der Waals surface area contributed by atoms with E-state index in [1.807, 2.05) is 30.3 Å². The average Bonchev–Trinajstić information content (AvgIpc) is 2.15. The maximum atomic E-state index is 11.3. The van der Waals surface area contributed by atoms with Gasteiger partial charge in [-0.2, -0.15) is 8.42 Å². The highest BCUT2D eigenvalue weighted by molar-refractivity contribution is 7.86. The third-order valence-corrected chi connectivity index (χ3v) is 3.89. The first-order valence-corrected chi connectivity index (χ1v) is 6.95. The van der Waals surface area contributed by atoms with E-state index in [2.05, 4.69) is 5.32 Å². The summed E-state index contributed by atoms with van der Waals surface area (Å²) >= 11 is 0. The molecule has 0 fully saturated rings. The molecular weight excluding hydrogens is 238 g/mol. The molecule has 1 aromatic carbocycles. The molecule has 0 saturated heterocycles. The number of benzene rings is 1. The Morgan fingerprint density at radius 3 is 2.18 bits per heavy atom. The van der Waals surface area contributed by atoms with Gasteiger partial charge in [-0.05, 0) is 11.0 Å². The summed E-state index contributed by atoms with van der Waals surface area (Å²) in [7, 11) is -4.10. The molecule has 1 aromatic rings. The molecule has 0 aromatic heterocycles. The van der Waals surface area contributed by atoms with Crippen LogP contribution in [0.4, 0.5) is 0 Å². The van der Waals surface area contributed by atoms with E-state index in [1.54, 1.807) is 20.8 Å². The van der Waals surface area contributed by atoms with Crippen LogP contribution in [-0.4, -0.2) is 18.3 Å². The van der Waals surface area contributed by atoms with Crippen molar-refractivity contribution in [1.29, 1.82) is 0 Å². The van der Waals surface area contributed by atoms with Crippen molar-refractivity contribution in [2.75, 3.05) is 0 Å². The Morgan fingerprint density at radius 2 is 1.76 bits per heavy atom. The zero-order valence-electron chi connectivity index (χ0n) is 10.3. The predicted octanol–water partition coefficient (Wildman–Crippen LogP) is 2.04. The van der Waals surface area contributed by atoms with Gasteiger partial charge in [0.05, 0.1) is 0 Å². The Kier molecular flexibility index (Phi) is 4.30. The van der Waals surface area contributed by atoms with Gasteiger partial charge in [-0.25, -0.2) is 0 Å². The van der Waals surface area contributed by atoms with E-state index in [0.717, 1.165) is 5.56 Å². The third kappa shape index (κ3) is 4.46. The highest BCUT2D eigenvalue weighted by Crippen LogP contribution is 2.23. The molecule has 0 aliphatic rings. The maximum Gasteiger partial charge on any atom is 0.281 e. The van der Waals surface area contributed by atoms with Crippen LogP contribution in [0.5, 0.6) is 0 Å². The molecule has 96 valence electrons. The van der Waals surface area contributed by atoms with Gasteiger partial charge in [0, 0.05) is 6.54 Å². The molecule has 1 unspecified atom stereocenters. The lowest BCUT2D eigenvalue weighted by Gasteiger charge is -2.28. The van der Waals surface area contributed by atoms with Crippen molar-refractivity contribution in [2.24, 2.45) is 5.41 Å². The van der Waals surface area contributed by atoms with Crippen LogP contribution in [0.25, 0.3) is 0 Å². The molecule has 5 heteroatoms. The zero-order chi connectivity index (χ0) is 13.1. The Hall–Kier alpha value is -0.910. The summed E-state index contributed by atoms with van der Waals surface area (Å²) in [5, 5.41) is 1.90. The van der Waals surface area contributed by atoms with Crippen LogP contribution in [0.3, 0.4) is 0 Å². The average molecular weight is 257 g/mol. The lowest BCUT2D eigenvalue weighted by atomic mass is 9.96. The minimum Gasteiger partial charge on any atom is -0.295 e. The summed E-state index contributed by atoms with van der Waals surface area (Å²) in [6.45, 7) is 5.71. The van der Waals surface area contributed by atoms with Crippen LogP contribution in [0.1, 0.15) is 26.3 Å². The Labute approximate surface area is 103 Å². The monoisotopic (exact) mass is 257 g/mol. The van der Waals surface area contributed by atoms with E-state index in [-0.39, 0.29) is 0 Å². The zero-order valence-corrected chi connectivity index (χ0v) is 11.2. The van der Waals surface area contributed by atoms with Crippen LogP contribution in [-0.2, 0) is 16.7 Å². The molecule has 0 heterocycles. The second-order valence-electron chi connectivity index (χ2n) is 5.13. The summed E-state index contributed by atoms with van der Waals surface area (Å²) in [4.78, 5) is 0. The summed E-state index contributed by atoms with van der Waals surface area (Å²) in [5.41, 5.74) is 0.410. The molecule has 17 heavy (non-hydrogen) atoms. The molecule has 0 bridgehead atoms. The van der Waals surface area contributed by atoms with Crippen molar-refractivity contribution in [3.8, 4) is 0 Å². The van der Waals surface area contributed by atoms with Gasteiger partial charge in [-0.15, -0.1) is 0 Å². The molecule has 0 spiro atoms. The van der Waals surface area contributed by atoms with Crippen molar-refractivity contribution in [3.63, 3.8) is 0 Å². The molecule has 2 N–H and O–H groups in total. The largest absolute Gasteiger partial charge is 0.295 e. The Bertz CT molecular complexity index is 448. The second-order valence-corrected chi connectivity index (χ2v) is 6.63. The first-order chi connectivity index (χ1) is 7.71. The first kappa shape index (κ1) is 14.2. The van der Waals surface area contributed by atoms with Gasteiger partial charge in [0.25, 0.3) is 10.1 Å². The summed E-state index contributed by atoms with van der Waals surface area (Å²) in [6.07, 6.45) is 0. The van der Waals surface area contributed by atoms with Crippen molar-refractivity contribution in [1.82, 2.24) is 5.32 Å². The van der Waals surface area contributed by atoms with E-state index in [0.29, 0.717) is 6.54 Å². The fraction of sp³-hybridized carbons (Fsp3) is 0.500. The van der Waals surface area contributed by atoms with Crippen LogP contribution < -0.4 is 5.32 Å². The lowest BCUT2D eigenvalue weighted by molar-refractivity contribution is 0.311. The molecule has 0 saturated carbocycles. The quantitative estimate of drug-likeness (QED) is 0.810. The first-order valence-electron chi connectivity index (χ1n) is 5.45. The highest BCUT2D eigenvalue weighted by Gasteiger charge is 2.34. The standard InChI is InChI=1S/C12H19NO3S/c1-12(2,3)11(17(14,15)16)13-9-10-7-5-4-6-8-10/h4-8,11,13H,9H2,1-3H3,(H,14,15,16). The van der Waals surface area contributed by atoms with E-state index >= 15 is 0 Å². The molecular formula is C12H19NO3S. The predicted molar refractivity (Wildman–Crippen MR) is 68.1 cm³/mol. The molecule has 1 atom stereocenters. The van der Waals surface area contributed by atoms with Gasteiger partial charge in [-0.3, -0.25) is 9.87 Å². The number of nitrogens with one attached hydrogen (secondary N) is 1. The summed E-state index contributed by atoms with van der Waals surface area (Å²) < 4.78 is 31.8. The van der Waals surface area contributed by atoms with Gasteiger partial charge in [0.2, 0.25) is 0 Å². The molecule has 0 radical (unpaired) electrons. The minimum atomic E-state index is -4.10. The smallest absolute Gasteiger partial charge is 0.281 e. The van der Waals surface area contributed by atoms with Gasteiger partial charge in [-0.1, -0.05) is 51.1 Å². The van der Waals surface area contributed by atoms with Crippen LogP contribution in [0.15, 0.2) is 30.3 Å². The van der Waals surface area contributed by atoms with Crippen molar-refractivity contribution >= 4 is 10.1 Å². The molecule has 0 aliphatic heterocycles. The maximum absolute atomic E-state index is 11.3. The third-order valence-electron chi connectivity index (χ3n) is 2.42. The van der Waals surface area contributed by atoms with E-state index < -0.39 is 20.9 Å². The van der Waals surface area contributed by atoms with Crippen molar-refractivity contribution < 1.29 is 13.0 Å². The van der Waals surface area contributed by atoms with Gasteiger partial charge < -0.3 is 0 Å². The molecule has 0 amide bonds. The topological polar surface area (TPSA) is 66.4 Å². The van der Waals surface area contributed by atoms with Crippen molar-refractivity contribution in [2.45, 2.75) is 32.7 Å². The fourth-order valence-corrected chi connectivity index (χ4v) is 2.85. The SMILES string of the molecule is CC(C)(C)C(NCc1ccccc1)S(=O)(=O)O.